The number of carbonyl (C=O) groups is 1. The number of nitrogens with zero attached hydrogens (tertiary/aromatic N) is 4. The van der Waals surface area contributed by atoms with Gasteiger partial charge in [0.15, 0.2) is 5.65 Å². The lowest BCUT2D eigenvalue weighted by Crippen LogP contribution is -2.41. The lowest BCUT2D eigenvalue weighted by molar-refractivity contribution is -0.125. The van der Waals surface area contributed by atoms with Gasteiger partial charge in [-0.25, -0.2) is 9.37 Å². The molecule has 3 heterocycles. The van der Waals surface area contributed by atoms with Crippen molar-refractivity contribution in [3.8, 4) is 11.3 Å². The van der Waals surface area contributed by atoms with Crippen molar-refractivity contribution in [3.63, 3.8) is 0 Å². The van der Waals surface area contributed by atoms with Gasteiger partial charge in [-0.3, -0.25) is 4.79 Å². The zero-order chi connectivity index (χ0) is 23.7. The van der Waals surface area contributed by atoms with Crippen molar-refractivity contribution in [1.82, 2.24) is 19.9 Å². The second kappa shape index (κ2) is 9.25. The Kier molecular flexibility index (Phi) is 6.01. The minimum Gasteiger partial charge on any atom is -0.356 e. The monoisotopic (exact) mass is 457 g/mol. The van der Waals surface area contributed by atoms with Gasteiger partial charge in [0.25, 0.3) is 0 Å². The Bertz CT molecular complexity index is 1320. The molecule has 34 heavy (non-hydrogen) atoms. The van der Waals surface area contributed by atoms with E-state index in [1.807, 2.05) is 35.7 Å². The third-order valence-corrected chi connectivity index (χ3v) is 6.42. The maximum Gasteiger partial charge on any atom is 0.223 e. The highest BCUT2D eigenvalue weighted by atomic mass is 19.1. The number of aryl methyl sites for hydroxylation is 2. The number of fused-ring (bicyclic) bond motifs is 1. The van der Waals surface area contributed by atoms with Gasteiger partial charge in [0, 0.05) is 48.9 Å². The molecule has 4 aromatic rings. The van der Waals surface area contributed by atoms with Crippen molar-refractivity contribution in [3.05, 3.63) is 83.3 Å². The summed E-state index contributed by atoms with van der Waals surface area (Å²) >= 11 is 0. The smallest absolute Gasteiger partial charge is 0.223 e. The molecular weight excluding hydrogens is 429 g/mol. The topological polar surface area (TPSA) is 62.5 Å². The number of carbonyl (C=O) groups excluding carboxylic acids is 1. The minimum atomic E-state index is -0.270. The van der Waals surface area contributed by atoms with E-state index in [0.717, 1.165) is 59.9 Å². The first kappa shape index (κ1) is 22.1. The molecule has 0 bridgehead atoms. The van der Waals surface area contributed by atoms with E-state index in [2.05, 4.69) is 34.3 Å². The maximum atomic E-state index is 13.3. The van der Waals surface area contributed by atoms with E-state index in [1.165, 1.54) is 17.7 Å². The Balaban J connectivity index is 1.28. The van der Waals surface area contributed by atoms with Crippen LogP contribution >= 0.6 is 0 Å². The molecule has 1 saturated heterocycles. The van der Waals surface area contributed by atoms with Crippen LogP contribution in [0.15, 0.2) is 60.7 Å². The molecule has 174 valence electrons. The molecule has 1 fully saturated rings. The van der Waals surface area contributed by atoms with Crippen molar-refractivity contribution < 1.29 is 9.18 Å². The van der Waals surface area contributed by atoms with Crippen LogP contribution in [0.5, 0.6) is 0 Å². The lowest BCUT2D eigenvalue weighted by Gasteiger charge is -2.33. The Morgan fingerprint density at radius 1 is 1.06 bits per heavy atom. The normalized spacial score (nSPS) is 14.5. The van der Waals surface area contributed by atoms with Crippen LogP contribution in [-0.2, 0) is 11.3 Å². The Hall–Kier alpha value is -3.74. The Morgan fingerprint density at radius 2 is 1.82 bits per heavy atom. The number of hydrogen-bond donors (Lipinski definition) is 1. The lowest BCUT2D eigenvalue weighted by atomic mass is 9.95. The molecule has 7 heteroatoms. The molecule has 0 radical (unpaired) electrons. The summed E-state index contributed by atoms with van der Waals surface area (Å²) in [5.41, 5.74) is 5.58. The van der Waals surface area contributed by atoms with Crippen LogP contribution in [0.3, 0.4) is 0 Å². The van der Waals surface area contributed by atoms with Crippen LogP contribution < -0.4 is 10.2 Å². The van der Waals surface area contributed by atoms with Crippen LogP contribution in [0.25, 0.3) is 16.9 Å². The number of benzene rings is 2. The average Bonchev–Trinajstić information content (AvgIpc) is 3.26. The first-order chi connectivity index (χ1) is 16.5. The summed E-state index contributed by atoms with van der Waals surface area (Å²) in [6, 6.07) is 18.5. The highest BCUT2D eigenvalue weighted by Gasteiger charge is 2.26. The molecule has 0 aliphatic carbocycles. The summed E-state index contributed by atoms with van der Waals surface area (Å²) in [7, 11) is 0. The SMILES string of the molecule is Cc1cccc(CNC(=O)C2CCN(c3cc(C)nc4cc(-c5ccc(F)cc5)nn34)CC2)c1. The molecule has 0 saturated carbocycles. The Morgan fingerprint density at radius 3 is 2.56 bits per heavy atom. The fourth-order valence-corrected chi connectivity index (χ4v) is 4.59. The van der Waals surface area contributed by atoms with E-state index < -0.39 is 0 Å². The first-order valence-electron chi connectivity index (χ1n) is 11.7. The van der Waals surface area contributed by atoms with E-state index in [4.69, 9.17) is 5.10 Å². The fourth-order valence-electron chi connectivity index (χ4n) is 4.59. The number of anilines is 1. The van der Waals surface area contributed by atoms with Crippen molar-refractivity contribution in [2.24, 2.45) is 5.92 Å². The molecule has 1 aliphatic rings. The van der Waals surface area contributed by atoms with E-state index in [9.17, 15) is 9.18 Å². The second-order valence-electron chi connectivity index (χ2n) is 9.03. The maximum absolute atomic E-state index is 13.3. The van der Waals surface area contributed by atoms with E-state index in [1.54, 1.807) is 12.1 Å². The average molecular weight is 458 g/mol. The van der Waals surface area contributed by atoms with Crippen molar-refractivity contribution >= 4 is 17.4 Å². The summed E-state index contributed by atoms with van der Waals surface area (Å²) in [6.45, 7) is 6.13. The van der Waals surface area contributed by atoms with Crippen LogP contribution in [0.1, 0.15) is 29.7 Å². The first-order valence-corrected chi connectivity index (χ1v) is 11.7. The number of hydrogen-bond acceptors (Lipinski definition) is 4. The standard InChI is InChI=1S/C27H28FN5O/c1-18-4-3-5-20(14-18)17-29-27(34)22-10-12-32(13-11-22)26-15-19(2)30-25-16-24(31-33(25)26)21-6-8-23(28)9-7-21/h3-9,14-16,22H,10-13,17H2,1-2H3,(H,29,34). The minimum absolute atomic E-state index is 0.00637. The number of nitrogens with one attached hydrogen (secondary N) is 1. The van der Waals surface area contributed by atoms with Crippen molar-refractivity contribution in [2.45, 2.75) is 33.2 Å². The second-order valence-corrected chi connectivity index (χ2v) is 9.03. The summed E-state index contributed by atoms with van der Waals surface area (Å²) in [4.78, 5) is 19.7. The largest absolute Gasteiger partial charge is 0.356 e. The third-order valence-electron chi connectivity index (χ3n) is 6.42. The number of halogens is 1. The third kappa shape index (κ3) is 4.64. The van der Waals surface area contributed by atoms with Crippen molar-refractivity contribution in [2.75, 3.05) is 18.0 Å². The van der Waals surface area contributed by atoms with Crippen LogP contribution in [-0.4, -0.2) is 33.6 Å². The molecule has 1 amide bonds. The number of rotatable bonds is 5. The molecular formula is C27H28FN5O. The summed E-state index contributed by atoms with van der Waals surface area (Å²) in [5, 5.41) is 7.87. The molecule has 2 aromatic heterocycles. The highest BCUT2D eigenvalue weighted by molar-refractivity contribution is 5.79. The van der Waals surface area contributed by atoms with Gasteiger partial charge in [0.2, 0.25) is 5.91 Å². The van der Waals surface area contributed by atoms with Gasteiger partial charge in [0.1, 0.15) is 11.6 Å². The Labute approximate surface area is 198 Å². The summed E-state index contributed by atoms with van der Waals surface area (Å²) in [6.07, 6.45) is 1.57. The quantitative estimate of drug-likeness (QED) is 0.473. The highest BCUT2D eigenvalue weighted by Crippen LogP contribution is 2.27. The molecule has 1 aliphatic heterocycles. The van der Waals surface area contributed by atoms with Gasteiger partial charge >= 0.3 is 0 Å². The van der Waals surface area contributed by atoms with Gasteiger partial charge in [-0.2, -0.15) is 9.61 Å². The zero-order valence-corrected chi connectivity index (χ0v) is 19.5. The predicted molar refractivity (Wildman–Crippen MR) is 131 cm³/mol. The number of amides is 1. The zero-order valence-electron chi connectivity index (χ0n) is 19.5. The van der Waals surface area contributed by atoms with Gasteiger partial charge in [-0.05, 0) is 56.5 Å². The molecule has 5 rings (SSSR count). The van der Waals surface area contributed by atoms with Crippen molar-refractivity contribution in [1.29, 1.82) is 0 Å². The predicted octanol–water partition coefficient (Wildman–Crippen LogP) is 4.69. The van der Waals surface area contributed by atoms with Gasteiger partial charge < -0.3 is 10.2 Å². The fraction of sp³-hybridized carbons (Fsp3) is 0.296. The number of piperidine rings is 1. The van der Waals surface area contributed by atoms with Crippen LogP contribution in [0.2, 0.25) is 0 Å². The molecule has 0 spiro atoms. The number of aromatic nitrogens is 3. The van der Waals surface area contributed by atoms with Crippen LogP contribution in [0, 0.1) is 25.6 Å². The van der Waals surface area contributed by atoms with Gasteiger partial charge in [0.05, 0.1) is 5.69 Å². The summed E-state index contributed by atoms with van der Waals surface area (Å²) < 4.78 is 15.2. The van der Waals surface area contributed by atoms with Crippen LogP contribution in [0.4, 0.5) is 10.2 Å². The van der Waals surface area contributed by atoms with E-state index >= 15 is 0 Å². The molecule has 0 unspecified atom stereocenters. The molecule has 2 aromatic carbocycles. The van der Waals surface area contributed by atoms with E-state index in [0.29, 0.717) is 6.54 Å². The summed E-state index contributed by atoms with van der Waals surface area (Å²) in [5.74, 6) is 0.823. The van der Waals surface area contributed by atoms with Gasteiger partial charge in [-0.1, -0.05) is 29.8 Å². The van der Waals surface area contributed by atoms with E-state index in [-0.39, 0.29) is 17.6 Å². The van der Waals surface area contributed by atoms with Gasteiger partial charge in [-0.15, -0.1) is 0 Å². The molecule has 0 atom stereocenters. The molecule has 6 nitrogen and oxygen atoms in total. The molecule has 1 N–H and O–H groups in total.